The number of amides is 1. The van der Waals surface area contributed by atoms with Crippen LogP contribution in [-0.4, -0.2) is 35.6 Å². The number of pyridine rings is 1. The van der Waals surface area contributed by atoms with E-state index < -0.39 is 78.0 Å². The van der Waals surface area contributed by atoms with E-state index in [-0.39, 0.29) is 11.4 Å². The number of anilines is 1. The lowest BCUT2D eigenvalue weighted by molar-refractivity contribution is -0.137. The Hall–Kier alpha value is -3.38. The first-order chi connectivity index (χ1) is 15.8. The molecule has 0 bridgehead atoms. The number of carbonyl (C=O) groups is 1. The normalized spacial score (nSPS) is 25.8. The second-order valence-electron chi connectivity index (χ2n) is 8.11. The maximum atomic E-state index is 14.8. The van der Waals surface area contributed by atoms with Crippen LogP contribution in [0.2, 0.25) is 0 Å². The first-order valence-corrected chi connectivity index (χ1v) is 9.95. The van der Waals surface area contributed by atoms with Crippen LogP contribution in [0.25, 0.3) is 0 Å². The van der Waals surface area contributed by atoms with E-state index in [4.69, 9.17) is 10.5 Å². The zero-order valence-corrected chi connectivity index (χ0v) is 17.2. The van der Waals surface area contributed by atoms with Gasteiger partial charge in [-0.25, -0.2) is 22.6 Å². The minimum Gasteiger partial charge on any atom is -0.461 e. The molecular weight excluding hydrogens is 473 g/mol. The third-order valence-corrected chi connectivity index (χ3v) is 5.88. The fraction of sp³-hybridized carbons (Fsp3) is 0.381. The van der Waals surface area contributed by atoms with E-state index >= 15 is 0 Å². The standard InChI is InChI=1S/C21H17F7N4O2/c22-9-20(13-6-19(24,25)7-16(13)34-18(29)32-20)12-5-11(2-3-14(12)23)31-17(33)15-4-1-10(8-30-15)21(26,27)28/h1-5,8,13,16H,6-7,9H2,(H2,29,32)(H,31,33)/t13?,16-,20?/m0/s1. The molecule has 34 heavy (non-hydrogen) atoms. The Labute approximate surface area is 188 Å². The number of halogens is 7. The predicted molar refractivity (Wildman–Crippen MR) is 105 cm³/mol. The topological polar surface area (TPSA) is 89.6 Å². The zero-order valence-electron chi connectivity index (χ0n) is 17.2. The molecule has 1 amide bonds. The van der Waals surface area contributed by atoms with Crippen molar-refractivity contribution in [3.8, 4) is 0 Å². The molecule has 4 rings (SSSR count). The lowest BCUT2D eigenvalue weighted by Crippen LogP contribution is -2.48. The summed E-state index contributed by atoms with van der Waals surface area (Å²) in [6.45, 7) is -1.37. The molecule has 2 heterocycles. The van der Waals surface area contributed by atoms with Crippen molar-refractivity contribution in [3.05, 3.63) is 59.2 Å². The monoisotopic (exact) mass is 490 g/mol. The van der Waals surface area contributed by atoms with Gasteiger partial charge in [0, 0.05) is 36.2 Å². The molecule has 6 nitrogen and oxygen atoms in total. The van der Waals surface area contributed by atoms with Crippen LogP contribution < -0.4 is 11.1 Å². The molecule has 1 aromatic carbocycles. The number of aromatic nitrogens is 1. The number of fused-ring (bicyclic) bond motifs is 1. The van der Waals surface area contributed by atoms with Gasteiger partial charge in [-0.2, -0.15) is 13.2 Å². The summed E-state index contributed by atoms with van der Waals surface area (Å²) in [6.07, 6.45) is -6.92. The fourth-order valence-corrected chi connectivity index (χ4v) is 4.32. The average molecular weight is 490 g/mol. The molecule has 2 aromatic rings. The van der Waals surface area contributed by atoms with Gasteiger partial charge in [-0.15, -0.1) is 0 Å². The molecule has 0 spiro atoms. The van der Waals surface area contributed by atoms with E-state index in [9.17, 15) is 35.5 Å². The molecule has 0 radical (unpaired) electrons. The molecule has 3 atom stereocenters. The van der Waals surface area contributed by atoms with Crippen LogP contribution in [0.5, 0.6) is 0 Å². The largest absolute Gasteiger partial charge is 0.461 e. The lowest BCUT2D eigenvalue weighted by Gasteiger charge is -2.40. The van der Waals surface area contributed by atoms with Crippen molar-refractivity contribution in [2.45, 2.75) is 36.6 Å². The van der Waals surface area contributed by atoms with Crippen LogP contribution in [0.1, 0.15) is 34.5 Å². The van der Waals surface area contributed by atoms with Gasteiger partial charge in [0.05, 0.1) is 5.56 Å². The Morgan fingerprint density at radius 1 is 1.21 bits per heavy atom. The van der Waals surface area contributed by atoms with Gasteiger partial charge in [0.1, 0.15) is 29.8 Å². The number of amidine groups is 1. The van der Waals surface area contributed by atoms with Crippen molar-refractivity contribution in [1.82, 2.24) is 4.98 Å². The Kier molecular flexibility index (Phi) is 5.68. The zero-order chi connectivity index (χ0) is 24.9. The number of aliphatic imine (C=N–C) groups is 1. The highest BCUT2D eigenvalue weighted by Gasteiger charge is 2.60. The highest BCUT2D eigenvalue weighted by Crippen LogP contribution is 2.53. The van der Waals surface area contributed by atoms with Gasteiger partial charge in [0.2, 0.25) is 0 Å². The highest BCUT2D eigenvalue weighted by molar-refractivity contribution is 6.02. The highest BCUT2D eigenvalue weighted by atomic mass is 19.4. The third-order valence-electron chi connectivity index (χ3n) is 5.88. The third kappa shape index (κ3) is 4.26. The molecule has 13 heteroatoms. The number of hydrogen-bond donors (Lipinski definition) is 2. The van der Waals surface area contributed by atoms with E-state index in [0.717, 1.165) is 24.3 Å². The lowest BCUT2D eigenvalue weighted by atomic mass is 9.76. The summed E-state index contributed by atoms with van der Waals surface area (Å²) in [4.78, 5) is 19.8. The summed E-state index contributed by atoms with van der Waals surface area (Å²) in [5.41, 5.74) is 1.53. The number of benzene rings is 1. The van der Waals surface area contributed by atoms with Crippen LogP contribution in [0.3, 0.4) is 0 Å². The second kappa shape index (κ2) is 8.13. The maximum absolute atomic E-state index is 14.8. The van der Waals surface area contributed by atoms with Crippen molar-refractivity contribution < 1.29 is 40.3 Å². The number of hydrogen-bond acceptors (Lipinski definition) is 5. The smallest absolute Gasteiger partial charge is 0.417 e. The van der Waals surface area contributed by atoms with Crippen LogP contribution in [0.4, 0.5) is 36.4 Å². The van der Waals surface area contributed by atoms with Crippen LogP contribution in [0.15, 0.2) is 41.5 Å². The van der Waals surface area contributed by atoms with Crippen molar-refractivity contribution in [1.29, 1.82) is 0 Å². The first kappa shape index (κ1) is 23.8. The van der Waals surface area contributed by atoms with E-state index in [0.29, 0.717) is 12.3 Å². The van der Waals surface area contributed by atoms with Crippen LogP contribution >= 0.6 is 0 Å². The summed E-state index contributed by atoms with van der Waals surface area (Å²) in [7, 11) is 0. The molecule has 3 N–H and O–H groups in total. The fourth-order valence-electron chi connectivity index (χ4n) is 4.32. The summed E-state index contributed by atoms with van der Waals surface area (Å²) in [5, 5.41) is 2.32. The number of nitrogens with two attached hydrogens (primary N) is 1. The number of carbonyl (C=O) groups excluding carboxylic acids is 1. The first-order valence-electron chi connectivity index (χ1n) is 9.95. The van der Waals surface area contributed by atoms with Gasteiger partial charge in [-0.1, -0.05) is 0 Å². The Bertz CT molecular complexity index is 1140. The van der Waals surface area contributed by atoms with E-state index in [1.807, 2.05) is 0 Å². The molecule has 2 unspecified atom stereocenters. The molecule has 2 aliphatic rings. The Morgan fingerprint density at radius 2 is 1.94 bits per heavy atom. The van der Waals surface area contributed by atoms with Crippen molar-refractivity contribution in [3.63, 3.8) is 0 Å². The SMILES string of the molecule is NC1=NC(CF)(c2cc(NC(=O)c3ccc(C(F)(F)F)cn3)ccc2F)C2CC(F)(F)C[C@@H]2O1. The van der Waals surface area contributed by atoms with Crippen molar-refractivity contribution in [2.75, 3.05) is 12.0 Å². The molecule has 1 aliphatic heterocycles. The predicted octanol–water partition coefficient (Wildman–Crippen LogP) is 4.42. The molecular formula is C21H17F7N4O2. The van der Waals surface area contributed by atoms with Crippen LogP contribution in [-0.2, 0) is 16.5 Å². The summed E-state index contributed by atoms with van der Waals surface area (Å²) < 4.78 is 101. The minimum absolute atomic E-state index is 0.0857. The second-order valence-corrected chi connectivity index (χ2v) is 8.11. The number of rotatable bonds is 4. The van der Waals surface area contributed by atoms with E-state index in [2.05, 4.69) is 15.3 Å². The molecule has 182 valence electrons. The molecule has 0 saturated heterocycles. The summed E-state index contributed by atoms with van der Waals surface area (Å²) in [6, 6.07) is 3.95. The molecule has 1 saturated carbocycles. The average Bonchev–Trinajstić information content (AvgIpc) is 3.08. The van der Waals surface area contributed by atoms with Gasteiger partial charge >= 0.3 is 6.18 Å². The van der Waals surface area contributed by atoms with Gasteiger partial charge in [-0.3, -0.25) is 9.78 Å². The van der Waals surface area contributed by atoms with E-state index in [1.54, 1.807) is 0 Å². The molecule has 1 aliphatic carbocycles. The quantitative estimate of drug-likeness (QED) is 0.622. The molecule has 1 aromatic heterocycles. The Morgan fingerprint density at radius 3 is 2.56 bits per heavy atom. The summed E-state index contributed by atoms with van der Waals surface area (Å²) >= 11 is 0. The maximum Gasteiger partial charge on any atom is 0.417 e. The van der Waals surface area contributed by atoms with Gasteiger partial charge in [0.15, 0.2) is 0 Å². The minimum atomic E-state index is -4.64. The number of alkyl halides is 6. The van der Waals surface area contributed by atoms with Gasteiger partial charge < -0.3 is 15.8 Å². The Balaban J connectivity index is 1.66. The van der Waals surface area contributed by atoms with Crippen LogP contribution in [0, 0.1) is 11.7 Å². The molecule has 1 fully saturated rings. The summed E-state index contributed by atoms with van der Waals surface area (Å²) in [5.74, 6) is -6.35. The van der Waals surface area contributed by atoms with Crippen molar-refractivity contribution >= 4 is 17.6 Å². The number of nitrogens with zero attached hydrogens (tertiary/aromatic N) is 2. The van der Waals surface area contributed by atoms with Gasteiger partial charge in [-0.05, 0) is 30.3 Å². The number of nitrogens with one attached hydrogen (secondary N) is 1. The number of ether oxygens (including phenoxy) is 1. The van der Waals surface area contributed by atoms with E-state index in [1.165, 1.54) is 0 Å². The van der Waals surface area contributed by atoms with Gasteiger partial charge in [0.25, 0.3) is 17.9 Å². The van der Waals surface area contributed by atoms with Crippen molar-refractivity contribution in [2.24, 2.45) is 16.6 Å².